The molecule has 30 heavy (non-hydrogen) atoms. The van der Waals surface area contributed by atoms with Crippen molar-refractivity contribution in [3.8, 4) is 0 Å². The van der Waals surface area contributed by atoms with E-state index in [4.69, 9.17) is 0 Å². The maximum Gasteiger partial charge on any atom is 0.253 e. The van der Waals surface area contributed by atoms with Crippen LogP contribution in [0.4, 0.5) is 10.1 Å². The molecule has 1 aliphatic rings. The topological polar surface area (TPSA) is 61.4 Å². The standard InChI is InChI=1S/C24H30FN3O2/c1-17(2)14-26-24(30)21-7-3-4-8-22(21)27-23(29)19-6-5-13-28(16-19)15-18-9-11-20(25)12-10-18/h3-4,7-12,17,19H,5-6,13-16H2,1-2H3,(H,26,30)(H,27,29)/t19-/m0/s1. The third kappa shape index (κ3) is 6.13. The van der Waals surface area contributed by atoms with Gasteiger partial charge in [0.15, 0.2) is 0 Å². The number of hydrogen-bond donors (Lipinski definition) is 2. The van der Waals surface area contributed by atoms with Crippen LogP contribution < -0.4 is 10.6 Å². The number of rotatable bonds is 7. The van der Waals surface area contributed by atoms with Crippen LogP contribution in [0.2, 0.25) is 0 Å². The maximum absolute atomic E-state index is 13.1. The number of benzene rings is 2. The van der Waals surface area contributed by atoms with Gasteiger partial charge in [0, 0.05) is 19.6 Å². The number of anilines is 1. The van der Waals surface area contributed by atoms with Gasteiger partial charge in [-0.2, -0.15) is 0 Å². The number of amides is 2. The highest BCUT2D eigenvalue weighted by molar-refractivity contribution is 6.04. The molecule has 3 rings (SSSR count). The van der Waals surface area contributed by atoms with Crippen molar-refractivity contribution in [2.45, 2.75) is 33.2 Å². The zero-order chi connectivity index (χ0) is 21.5. The van der Waals surface area contributed by atoms with E-state index >= 15 is 0 Å². The Bertz CT molecular complexity index is 867. The average Bonchev–Trinajstić information content (AvgIpc) is 2.74. The Labute approximate surface area is 177 Å². The Hall–Kier alpha value is -2.73. The van der Waals surface area contributed by atoms with Crippen molar-refractivity contribution >= 4 is 17.5 Å². The molecular formula is C24H30FN3O2. The molecule has 0 spiro atoms. The van der Waals surface area contributed by atoms with Crippen molar-refractivity contribution < 1.29 is 14.0 Å². The molecule has 6 heteroatoms. The first-order chi connectivity index (χ1) is 14.4. The van der Waals surface area contributed by atoms with E-state index in [2.05, 4.69) is 15.5 Å². The molecule has 0 aliphatic carbocycles. The molecular weight excluding hydrogens is 381 g/mol. The largest absolute Gasteiger partial charge is 0.352 e. The summed E-state index contributed by atoms with van der Waals surface area (Å²) in [4.78, 5) is 27.7. The summed E-state index contributed by atoms with van der Waals surface area (Å²) in [6.45, 7) is 6.91. The predicted molar refractivity (Wildman–Crippen MR) is 117 cm³/mol. The summed E-state index contributed by atoms with van der Waals surface area (Å²) in [5.41, 5.74) is 2.05. The summed E-state index contributed by atoms with van der Waals surface area (Å²) in [6, 6.07) is 13.6. The normalized spacial score (nSPS) is 17.0. The second kappa shape index (κ2) is 10.3. The molecule has 0 unspecified atom stereocenters. The first-order valence-corrected chi connectivity index (χ1v) is 10.6. The number of para-hydroxylation sites is 1. The van der Waals surface area contributed by atoms with Crippen LogP contribution in [0.5, 0.6) is 0 Å². The minimum atomic E-state index is -0.245. The molecule has 0 aromatic heterocycles. The van der Waals surface area contributed by atoms with Crippen molar-refractivity contribution in [3.63, 3.8) is 0 Å². The number of nitrogens with zero attached hydrogens (tertiary/aromatic N) is 1. The fourth-order valence-corrected chi connectivity index (χ4v) is 3.68. The van der Waals surface area contributed by atoms with E-state index in [1.807, 2.05) is 19.9 Å². The Morgan fingerprint density at radius 2 is 1.87 bits per heavy atom. The number of halogens is 1. The Morgan fingerprint density at radius 1 is 1.13 bits per heavy atom. The van der Waals surface area contributed by atoms with E-state index in [9.17, 15) is 14.0 Å². The van der Waals surface area contributed by atoms with Gasteiger partial charge in [0.25, 0.3) is 5.91 Å². The molecule has 0 radical (unpaired) electrons. The van der Waals surface area contributed by atoms with Crippen molar-refractivity contribution in [3.05, 3.63) is 65.5 Å². The molecule has 2 N–H and O–H groups in total. The molecule has 5 nitrogen and oxygen atoms in total. The van der Waals surface area contributed by atoms with Crippen LogP contribution in [0, 0.1) is 17.7 Å². The van der Waals surface area contributed by atoms with Crippen molar-refractivity contribution in [2.75, 3.05) is 25.0 Å². The molecule has 0 bridgehead atoms. The van der Waals surface area contributed by atoms with Gasteiger partial charge in [-0.3, -0.25) is 14.5 Å². The zero-order valence-corrected chi connectivity index (χ0v) is 17.7. The van der Waals surface area contributed by atoms with Crippen LogP contribution in [-0.4, -0.2) is 36.3 Å². The summed E-state index contributed by atoms with van der Waals surface area (Å²) >= 11 is 0. The van der Waals surface area contributed by atoms with E-state index in [1.165, 1.54) is 12.1 Å². The summed E-state index contributed by atoms with van der Waals surface area (Å²) in [5.74, 6) is -0.286. The third-order valence-electron chi connectivity index (χ3n) is 5.30. The van der Waals surface area contributed by atoms with Crippen molar-refractivity contribution in [1.82, 2.24) is 10.2 Å². The highest BCUT2D eigenvalue weighted by Gasteiger charge is 2.26. The number of piperidine rings is 1. The quantitative estimate of drug-likeness (QED) is 0.722. The fourth-order valence-electron chi connectivity index (χ4n) is 3.68. The minimum absolute atomic E-state index is 0.0667. The van der Waals surface area contributed by atoms with E-state index in [-0.39, 0.29) is 23.5 Å². The lowest BCUT2D eigenvalue weighted by Crippen LogP contribution is -2.40. The first-order valence-electron chi connectivity index (χ1n) is 10.6. The zero-order valence-electron chi connectivity index (χ0n) is 17.7. The van der Waals surface area contributed by atoms with Gasteiger partial charge in [-0.05, 0) is 55.1 Å². The number of hydrogen-bond acceptors (Lipinski definition) is 3. The summed E-state index contributed by atoms with van der Waals surface area (Å²) < 4.78 is 13.1. The lowest BCUT2D eigenvalue weighted by Gasteiger charge is -2.32. The summed E-state index contributed by atoms with van der Waals surface area (Å²) in [5, 5.41) is 5.87. The SMILES string of the molecule is CC(C)CNC(=O)c1ccccc1NC(=O)[C@H]1CCCN(Cc2ccc(F)cc2)C1. The monoisotopic (exact) mass is 411 g/mol. The highest BCUT2D eigenvalue weighted by Crippen LogP contribution is 2.22. The van der Waals surface area contributed by atoms with Crippen LogP contribution >= 0.6 is 0 Å². The summed E-state index contributed by atoms with van der Waals surface area (Å²) in [7, 11) is 0. The molecule has 0 saturated carbocycles. The van der Waals surface area contributed by atoms with Crippen LogP contribution in [0.3, 0.4) is 0 Å². The molecule has 1 saturated heterocycles. The third-order valence-corrected chi connectivity index (χ3v) is 5.30. The number of carbonyl (C=O) groups is 2. The second-order valence-corrected chi connectivity index (χ2v) is 8.34. The van der Waals surface area contributed by atoms with Crippen molar-refractivity contribution in [1.29, 1.82) is 0 Å². The molecule has 2 aromatic rings. The maximum atomic E-state index is 13.1. The van der Waals surface area contributed by atoms with E-state index in [1.54, 1.807) is 30.3 Å². The second-order valence-electron chi connectivity index (χ2n) is 8.34. The molecule has 1 heterocycles. The van der Waals surface area contributed by atoms with Crippen molar-refractivity contribution in [2.24, 2.45) is 11.8 Å². The average molecular weight is 412 g/mol. The van der Waals surface area contributed by atoms with Gasteiger partial charge in [0.2, 0.25) is 5.91 Å². The van der Waals surface area contributed by atoms with Gasteiger partial charge in [0.05, 0.1) is 17.2 Å². The summed E-state index contributed by atoms with van der Waals surface area (Å²) in [6.07, 6.45) is 1.74. The highest BCUT2D eigenvalue weighted by atomic mass is 19.1. The van der Waals surface area contributed by atoms with Crippen LogP contribution in [0.25, 0.3) is 0 Å². The Kier molecular flexibility index (Phi) is 7.57. The first kappa shape index (κ1) is 22.0. The fraction of sp³-hybridized carbons (Fsp3) is 0.417. The number of likely N-dealkylation sites (tertiary alicyclic amines) is 1. The van der Waals surface area contributed by atoms with E-state index in [0.29, 0.717) is 36.8 Å². The lowest BCUT2D eigenvalue weighted by atomic mass is 9.96. The number of carbonyl (C=O) groups excluding carboxylic acids is 2. The molecule has 1 fully saturated rings. The Morgan fingerprint density at radius 3 is 2.60 bits per heavy atom. The van der Waals surface area contributed by atoms with Gasteiger partial charge in [-0.25, -0.2) is 4.39 Å². The smallest absolute Gasteiger partial charge is 0.253 e. The van der Waals surface area contributed by atoms with Gasteiger partial charge < -0.3 is 10.6 Å². The van der Waals surface area contributed by atoms with Gasteiger partial charge >= 0.3 is 0 Å². The molecule has 2 aromatic carbocycles. The van der Waals surface area contributed by atoms with Gasteiger partial charge in [-0.1, -0.05) is 38.1 Å². The molecule has 160 valence electrons. The van der Waals surface area contributed by atoms with Gasteiger partial charge in [-0.15, -0.1) is 0 Å². The molecule has 2 amide bonds. The molecule has 1 aliphatic heterocycles. The molecule has 1 atom stereocenters. The lowest BCUT2D eigenvalue weighted by molar-refractivity contribution is -0.121. The Balaban J connectivity index is 1.61. The van der Waals surface area contributed by atoms with E-state index in [0.717, 1.165) is 24.9 Å². The van der Waals surface area contributed by atoms with Crippen LogP contribution in [-0.2, 0) is 11.3 Å². The van der Waals surface area contributed by atoms with Gasteiger partial charge in [0.1, 0.15) is 5.82 Å². The minimum Gasteiger partial charge on any atom is -0.352 e. The van der Waals surface area contributed by atoms with E-state index < -0.39 is 0 Å². The van der Waals surface area contributed by atoms with Crippen LogP contribution in [0.15, 0.2) is 48.5 Å². The van der Waals surface area contributed by atoms with Crippen LogP contribution in [0.1, 0.15) is 42.6 Å². The predicted octanol–water partition coefficient (Wildman–Crippen LogP) is 4.06. The number of nitrogens with one attached hydrogen (secondary N) is 2.